The lowest BCUT2D eigenvalue weighted by Crippen LogP contribution is -2.61. The smallest absolute Gasteiger partial charge is 0.331 e. The number of fused-ring (bicyclic) bond motifs is 1. The van der Waals surface area contributed by atoms with Crippen LogP contribution in [-0.4, -0.2) is 85.6 Å². The van der Waals surface area contributed by atoms with E-state index in [0.29, 0.717) is 25.7 Å². The first-order valence-corrected chi connectivity index (χ1v) is 10.5. The highest BCUT2D eigenvalue weighted by Gasteiger charge is 2.55. The maximum Gasteiger partial charge on any atom is 0.331 e. The molecule has 1 aliphatic heterocycles. The van der Waals surface area contributed by atoms with Crippen LogP contribution < -0.4 is 0 Å². The quantitative estimate of drug-likeness (QED) is 0.256. The molecule has 6 N–H and O–H groups in total. The lowest BCUT2D eigenvalue weighted by molar-refractivity contribution is -0.321. The average molecular weight is 430 g/mol. The minimum absolute atomic E-state index is 0.144. The molecule has 0 bridgehead atoms. The first-order valence-electron chi connectivity index (χ1n) is 10.5. The topological polar surface area (TPSA) is 157 Å². The van der Waals surface area contributed by atoms with Crippen LogP contribution in [0.5, 0.6) is 0 Å². The summed E-state index contributed by atoms with van der Waals surface area (Å²) < 4.78 is 11.4. The van der Waals surface area contributed by atoms with Gasteiger partial charge in [-0.25, -0.2) is 4.79 Å². The minimum atomic E-state index is -1.52. The van der Waals surface area contributed by atoms with Gasteiger partial charge in [-0.15, -0.1) is 0 Å². The van der Waals surface area contributed by atoms with Gasteiger partial charge >= 0.3 is 5.97 Å². The molecular formula is C21H34O9. The maximum absolute atomic E-state index is 11.3. The summed E-state index contributed by atoms with van der Waals surface area (Å²) in [4.78, 5) is 11.3. The number of carboxylic acids is 1. The predicted octanol–water partition coefficient (Wildman–Crippen LogP) is -0.220. The van der Waals surface area contributed by atoms with E-state index in [2.05, 4.69) is 13.5 Å². The van der Waals surface area contributed by atoms with Crippen LogP contribution in [0.3, 0.4) is 0 Å². The molecule has 0 amide bonds. The van der Waals surface area contributed by atoms with Gasteiger partial charge in [-0.1, -0.05) is 13.5 Å². The Morgan fingerprint density at radius 2 is 1.83 bits per heavy atom. The fourth-order valence-electron chi connectivity index (χ4n) is 5.77. The highest BCUT2D eigenvalue weighted by Crippen LogP contribution is 2.57. The molecule has 2 saturated carbocycles. The van der Waals surface area contributed by atoms with Crippen molar-refractivity contribution in [3.63, 3.8) is 0 Å². The van der Waals surface area contributed by atoms with Crippen LogP contribution in [-0.2, 0) is 14.3 Å². The number of aliphatic hydroxyl groups is 5. The van der Waals surface area contributed by atoms with Crippen molar-refractivity contribution in [2.45, 2.75) is 88.4 Å². The van der Waals surface area contributed by atoms with Crippen molar-refractivity contribution in [2.75, 3.05) is 6.61 Å². The van der Waals surface area contributed by atoms with Gasteiger partial charge in [0.25, 0.3) is 0 Å². The highest BCUT2D eigenvalue weighted by molar-refractivity contribution is 5.86. The van der Waals surface area contributed by atoms with Gasteiger partial charge in [0.2, 0.25) is 0 Å². The molecule has 10 atom stereocenters. The Bertz CT molecular complexity index is 663. The van der Waals surface area contributed by atoms with Gasteiger partial charge in [0.15, 0.2) is 6.29 Å². The number of hydrogen-bond acceptors (Lipinski definition) is 8. The molecule has 3 aliphatic rings. The van der Waals surface area contributed by atoms with Crippen LogP contribution in [0.2, 0.25) is 0 Å². The van der Waals surface area contributed by atoms with Crippen LogP contribution >= 0.6 is 0 Å². The molecule has 0 radical (unpaired) electrons. The van der Waals surface area contributed by atoms with Gasteiger partial charge in [0, 0.05) is 12.0 Å². The van der Waals surface area contributed by atoms with Gasteiger partial charge in [0.1, 0.15) is 24.4 Å². The van der Waals surface area contributed by atoms with E-state index in [-0.39, 0.29) is 29.2 Å². The second kappa shape index (κ2) is 8.46. The first-order chi connectivity index (χ1) is 13.9. The zero-order valence-electron chi connectivity index (χ0n) is 17.5. The van der Waals surface area contributed by atoms with E-state index in [1.54, 1.807) is 6.92 Å². The summed E-state index contributed by atoms with van der Waals surface area (Å²) in [5.41, 5.74) is -1.27. The second-order valence-corrected chi connectivity index (χ2v) is 9.73. The summed E-state index contributed by atoms with van der Waals surface area (Å²) in [6.07, 6.45) is -4.58. The van der Waals surface area contributed by atoms with Gasteiger partial charge in [-0.2, -0.15) is 0 Å². The van der Waals surface area contributed by atoms with Crippen LogP contribution in [0.1, 0.15) is 46.0 Å². The third kappa shape index (κ3) is 4.29. The van der Waals surface area contributed by atoms with E-state index < -0.39 is 55.0 Å². The Kier molecular flexibility index (Phi) is 6.65. The maximum atomic E-state index is 11.3. The second-order valence-electron chi connectivity index (χ2n) is 9.73. The van der Waals surface area contributed by atoms with Crippen LogP contribution in [0.4, 0.5) is 0 Å². The van der Waals surface area contributed by atoms with Crippen molar-refractivity contribution >= 4 is 5.97 Å². The Hall–Kier alpha value is -1.07. The van der Waals surface area contributed by atoms with Crippen LogP contribution in [0.25, 0.3) is 0 Å². The van der Waals surface area contributed by atoms with Crippen molar-refractivity contribution in [3.8, 4) is 0 Å². The number of carbonyl (C=O) groups is 1. The average Bonchev–Trinajstić information content (AvgIpc) is 2.66. The fraction of sp³-hybridized carbons (Fsp3) is 0.857. The van der Waals surface area contributed by atoms with Crippen LogP contribution in [0.15, 0.2) is 12.2 Å². The minimum Gasteiger partial charge on any atom is -0.478 e. The lowest BCUT2D eigenvalue weighted by atomic mass is 9.52. The van der Waals surface area contributed by atoms with Gasteiger partial charge < -0.3 is 40.1 Å². The Morgan fingerprint density at radius 1 is 1.17 bits per heavy atom. The molecule has 172 valence electrons. The Morgan fingerprint density at radius 3 is 2.43 bits per heavy atom. The lowest BCUT2D eigenvalue weighted by Gasteiger charge is -2.56. The Labute approximate surface area is 175 Å². The number of hydrogen-bond donors (Lipinski definition) is 6. The number of carboxylic acid groups (broad SMARTS) is 1. The van der Waals surface area contributed by atoms with E-state index in [0.717, 1.165) is 0 Å². The number of aliphatic hydroxyl groups excluding tert-OH is 4. The van der Waals surface area contributed by atoms with Crippen molar-refractivity contribution < 1.29 is 44.9 Å². The molecular weight excluding hydrogens is 396 g/mol. The van der Waals surface area contributed by atoms with E-state index >= 15 is 0 Å². The molecule has 0 aromatic rings. The molecule has 0 unspecified atom stereocenters. The largest absolute Gasteiger partial charge is 0.478 e. The molecule has 0 aromatic carbocycles. The van der Waals surface area contributed by atoms with Gasteiger partial charge in [-0.3, -0.25) is 0 Å². The monoisotopic (exact) mass is 430 g/mol. The number of ether oxygens (including phenoxy) is 2. The van der Waals surface area contributed by atoms with E-state index in [9.17, 15) is 35.4 Å². The normalized spacial score (nSPS) is 49.3. The van der Waals surface area contributed by atoms with Crippen molar-refractivity contribution in [3.05, 3.63) is 12.2 Å². The van der Waals surface area contributed by atoms with Crippen molar-refractivity contribution in [1.29, 1.82) is 0 Å². The molecule has 1 saturated heterocycles. The third-order valence-electron chi connectivity index (χ3n) is 7.45. The zero-order valence-corrected chi connectivity index (χ0v) is 17.5. The van der Waals surface area contributed by atoms with E-state index in [4.69, 9.17) is 9.47 Å². The van der Waals surface area contributed by atoms with E-state index in [1.807, 2.05) is 0 Å². The van der Waals surface area contributed by atoms with Gasteiger partial charge in [0.05, 0.1) is 18.3 Å². The van der Waals surface area contributed by atoms with Crippen molar-refractivity contribution in [2.24, 2.45) is 17.3 Å². The van der Waals surface area contributed by atoms with E-state index in [1.165, 1.54) is 0 Å². The van der Waals surface area contributed by atoms with Crippen LogP contribution in [0, 0.1) is 17.3 Å². The molecule has 30 heavy (non-hydrogen) atoms. The molecule has 3 fully saturated rings. The summed E-state index contributed by atoms with van der Waals surface area (Å²) in [5, 5.41) is 60.0. The predicted molar refractivity (Wildman–Crippen MR) is 104 cm³/mol. The first kappa shape index (κ1) is 23.6. The van der Waals surface area contributed by atoms with Gasteiger partial charge in [-0.05, 0) is 49.9 Å². The number of aliphatic carboxylic acids is 1. The van der Waals surface area contributed by atoms with Crippen molar-refractivity contribution in [1.82, 2.24) is 0 Å². The summed E-state index contributed by atoms with van der Waals surface area (Å²) >= 11 is 0. The summed E-state index contributed by atoms with van der Waals surface area (Å²) in [5.74, 6) is -1.34. The molecule has 9 nitrogen and oxygen atoms in total. The zero-order chi connectivity index (χ0) is 22.4. The molecule has 2 aliphatic carbocycles. The number of rotatable bonds is 5. The standard InChI is InChI=1S/C21H34O9/c1-10(18(26)27)11-4-5-20(2)7-12(8-21(3,28)14(20)6-11)29-19-17(25)16(24)15(23)13(9-22)30-19/h11-17,19,22-25,28H,1,4-9H2,2-3H3,(H,26,27)/t11-,12+,13-,14-,15-,16-,17-,19-,20+,21-/m1/s1. The summed E-state index contributed by atoms with van der Waals surface area (Å²) in [7, 11) is 0. The molecule has 0 aromatic heterocycles. The molecule has 3 rings (SSSR count). The third-order valence-corrected chi connectivity index (χ3v) is 7.45. The summed E-state index contributed by atoms with van der Waals surface area (Å²) in [6.45, 7) is 6.92. The molecule has 9 heteroatoms. The highest BCUT2D eigenvalue weighted by atomic mass is 16.7. The Balaban J connectivity index is 1.73. The summed E-state index contributed by atoms with van der Waals surface area (Å²) in [6, 6.07) is 0. The molecule has 1 heterocycles. The fourth-order valence-corrected chi connectivity index (χ4v) is 5.77. The SMILES string of the molecule is C=C(C(=O)O)[C@@H]1CC[C@@]2(C)C[C@H](O[C@@H]3O[C@H](CO)[C@@H](O)[C@@H](O)[C@H]3O)C[C@@](C)(O)[C@@H]2C1. The molecule has 0 spiro atoms.